The molecule has 262 valence electrons. The Bertz CT molecular complexity index is 1680. The molecule has 9 nitrogen and oxygen atoms in total. The van der Waals surface area contributed by atoms with Crippen molar-refractivity contribution >= 4 is 17.4 Å². The summed E-state index contributed by atoms with van der Waals surface area (Å²) in [4.78, 5) is 18.3. The average Bonchev–Trinajstić information content (AvgIpc) is 3.83. The van der Waals surface area contributed by atoms with Gasteiger partial charge < -0.3 is 34.9 Å². The van der Waals surface area contributed by atoms with E-state index >= 15 is 0 Å². The van der Waals surface area contributed by atoms with Gasteiger partial charge in [-0.3, -0.25) is 4.90 Å². The smallest absolute Gasteiger partial charge is 0.323 e. The van der Waals surface area contributed by atoms with Crippen LogP contribution < -0.4 is 15.4 Å². The molecular formula is C41H48N4O5. The topological polar surface area (TPSA) is 95.5 Å². The van der Waals surface area contributed by atoms with E-state index in [1.54, 1.807) is 0 Å². The van der Waals surface area contributed by atoms with Crippen LogP contribution in [-0.2, 0) is 16.1 Å². The van der Waals surface area contributed by atoms with Gasteiger partial charge in [-0.25, -0.2) is 4.79 Å². The highest BCUT2D eigenvalue weighted by atomic mass is 16.7. The summed E-state index contributed by atoms with van der Waals surface area (Å²) in [6.07, 6.45) is 4.19. The molecule has 0 unspecified atom stereocenters. The molecule has 3 fully saturated rings. The SMILES string of the molecule is C[C@@H]1[C@H](CN2CCC[C@H]2CN2CCCC2)O[C@H](c2cccc(NC(=O)Nc3ccc(Oc4ccccc4)cc3)c2)O[C@@H]1c1ccc(CO)cc1. The number of carbonyl (C=O) groups is 1. The second-order valence-corrected chi connectivity index (χ2v) is 13.8. The van der Waals surface area contributed by atoms with Gasteiger partial charge in [-0.1, -0.05) is 61.5 Å². The fourth-order valence-corrected chi connectivity index (χ4v) is 7.45. The van der Waals surface area contributed by atoms with E-state index in [1.807, 2.05) is 91.0 Å². The van der Waals surface area contributed by atoms with E-state index in [2.05, 4.69) is 39.5 Å². The molecule has 3 aliphatic heterocycles. The summed E-state index contributed by atoms with van der Waals surface area (Å²) in [5, 5.41) is 15.5. The largest absolute Gasteiger partial charge is 0.457 e. The van der Waals surface area contributed by atoms with Crippen molar-refractivity contribution in [2.45, 2.75) is 63.8 Å². The molecule has 0 radical (unpaired) electrons. The standard InChI is InChI=1S/C41H48N4O5/c1-29-38(27-45-24-8-11-35(45)26-44-22-5-6-23-44)49-40(50-39(29)31-16-14-30(28-46)15-17-31)32-9-7-10-34(25-32)43-41(47)42-33-18-20-37(21-19-33)48-36-12-3-2-4-13-36/h2-4,7,9-10,12-21,25,29,35,38-40,46H,5-6,8,11,22-24,26-28H2,1H3,(H2,42,43,47)/t29-,35+,38+,39+,40+/m1/s1. The van der Waals surface area contributed by atoms with Crippen molar-refractivity contribution in [3.05, 3.63) is 120 Å². The van der Waals surface area contributed by atoms with Gasteiger partial charge in [-0.15, -0.1) is 0 Å². The highest BCUT2D eigenvalue weighted by Gasteiger charge is 2.41. The van der Waals surface area contributed by atoms with E-state index < -0.39 is 6.29 Å². The molecule has 0 aromatic heterocycles. The maximum Gasteiger partial charge on any atom is 0.323 e. The molecule has 0 spiro atoms. The molecule has 4 aromatic rings. The fraction of sp³-hybridized carbons (Fsp3) is 0.390. The Hall–Kier alpha value is -4.25. The zero-order chi connectivity index (χ0) is 34.3. The van der Waals surface area contributed by atoms with E-state index in [0.717, 1.165) is 42.1 Å². The summed E-state index contributed by atoms with van der Waals surface area (Å²) in [5.74, 6) is 1.54. The van der Waals surface area contributed by atoms with Gasteiger partial charge >= 0.3 is 6.03 Å². The number of nitrogens with zero attached hydrogens (tertiary/aromatic N) is 2. The number of benzene rings is 4. The highest BCUT2D eigenvalue weighted by Crippen LogP contribution is 2.42. The third kappa shape index (κ3) is 8.54. The molecule has 3 N–H and O–H groups in total. The number of nitrogens with one attached hydrogen (secondary N) is 2. The van der Waals surface area contributed by atoms with Crippen molar-refractivity contribution in [1.82, 2.24) is 9.80 Å². The molecular weight excluding hydrogens is 628 g/mol. The van der Waals surface area contributed by atoms with Gasteiger partial charge in [0.1, 0.15) is 11.5 Å². The van der Waals surface area contributed by atoms with Crippen molar-refractivity contribution in [2.24, 2.45) is 5.92 Å². The Morgan fingerprint density at radius 3 is 2.28 bits per heavy atom. The number of hydrogen-bond donors (Lipinski definition) is 3. The molecule has 3 saturated heterocycles. The van der Waals surface area contributed by atoms with Crippen LogP contribution in [0.2, 0.25) is 0 Å². The predicted molar refractivity (Wildman–Crippen MR) is 195 cm³/mol. The quantitative estimate of drug-likeness (QED) is 0.148. The van der Waals surface area contributed by atoms with Gasteiger partial charge in [0.15, 0.2) is 6.29 Å². The van der Waals surface area contributed by atoms with Crippen molar-refractivity contribution < 1.29 is 24.1 Å². The number of hydrogen-bond acceptors (Lipinski definition) is 7. The lowest BCUT2D eigenvalue weighted by molar-refractivity contribution is -0.276. The lowest BCUT2D eigenvalue weighted by Crippen LogP contribution is -2.48. The second-order valence-electron chi connectivity index (χ2n) is 13.8. The summed E-state index contributed by atoms with van der Waals surface area (Å²) in [6, 6.07) is 32.8. The van der Waals surface area contributed by atoms with Gasteiger partial charge in [0, 0.05) is 42.0 Å². The maximum absolute atomic E-state index is 13.0. The fourth-order valence-electron chi connectivity index (χ4n) is 7.45. The second kappa shape index (κ2) is 16.2. The number of aliphatic hydroxyl groups excluding tert-OH is 1. The van der Waals surface area contributed by atoms with E-state index in [9.17, 15) is 9.90 Å². The molecule has 50 heavy (non-hydrogen) atoms. The van der Waals surface area contributed by atoms with Crippen molar-refractivity contribution in [3.63, 3.8) is 0 Å². The summed E-state index contributed by atoms with van der Waals surface area (Å²) in [5.41, 5.74) is 4.07. The normalized spacial score (nSPS) is 24.2. The third-order valence-electron chi connectivity index (χ3n) is 10.2. The first-order chi connectivity index (χ1) is 24.5. The molecule has 5 atom stereocenters. The zero-order valence-electron chi connectivity index (χ0n) is 28.7. The first-order valence-corrected chi connectivity index (χ1v) is 18.0. The Labute approximate surface area is 295 Å². The Balaban J connectivity index is 1.04. The van der Waals surface area contributed by atoms with Crippen LogP contribution in [0.4, 0.5) is 16.2 Å². The molecule has 3 heterocycles. The van der Waals surface area contributed by atoms with Crippen LogP contribution in [0.1, 0.15) is 61.7 Å². The number of aliphatic hydroxyl groups is 1. The van der Waals surface area contributed by atoms with Crippen LogP contribution in [0.15, 0.2) is 103 Å². The van der Waals surface area contributed by atoms with Gasteiger partial charge in [-0.05, 0) is 105 Å². The minimum Gasteiger partial charge on any atom is -0.457 e. The summed E-state index contributed by atoms with van der Waals surface area (Å²) in [6.45, 7) is 7.71. The van der Waals surface area contributed by atoms with Gasteiger partial charge in [-0.2, -0.15) is 0 Å². The van der Waals surface area contributed by atoms with Crippen LogP contribution >= 0.6 is 0 Å². The number of amides is 2. The van der Waals surface area contributed by atoms with Crippen LogP contribution in [-0.4, -0.2) is 65.8 Å². The van der Waals surface area contributed by atoms with Crippen LogP contribution in [0.25, 0.3) is 0 Å². The van der Waals surface area contributed by atoms with E-state index in [-0.39, 0.29) is 30.8 Å². The van der Waals surface area contributed by atoms with Crippen LogP contribution in [0.3, 0.4) is 0 Å². The monoisotopic (exact) mass is 676 g/mol. The average molecular weight is 677 g/mol. The number of likely N-dealkylation sites (tertiary alicyclic amines) is 2. The van der Waals surface area contributed by atoms with E-state index in [0.29, 0.717) is 23.2 Å². The number of carbonyl (C=O) groups excluding carboxylic acids is 1. The van der Waals surface area contributed by atoms with Crippen molar-refractivity contribution in [3.8, 4) is 11.5 Å². The highest BCUT2D eigenvalue weighted by molar-refractivity contribution is 5.99. The number of rotatable bonds is 11. The van der Waals surface area contributed by atoms with Gasteiger partial charge in [0.05, 0.1) is 18.8 Å². The molecule has 0 aliphatic carbocycles. The molecule has 9 heteroatoms. The van der Waals surface area contributed by atoms with Crippen molar-refractivity contribution in [1.29, 1.82) is 0 Å². The molecule has 4 aromatic carbocycles. The molecule has 3 aliphatic rings. The lowest BCUT2D eigenvalue weighted by Gasteiger charge is -2.43. The van der Waals surface area contributed by atoms with Crippen molar-refractivity contribution in [2.75, 3.05) is 43.4 Å². The minimum absolute atomic E-state index is 0.00440. The molecule has 2 amide bonds. The first-order valence-electron chi connectivity index (χ1n) is 18.0. The summed E-state index contributed by atoms with van der Waals surface area (Å²) >= 11 is 0. The molecule has 7 rings (SSSR count). The first kappa shape index (κ1) is 34.2. The number of anilines is 2. The number of ether oxygens (including phenoxy) is 3. The summed E-state index contributed by atoms with van der Waals surface area (Å²) < 4.78 is 19.4. The third-order valence-corrected chi connectivity index (χ3v) is 10.2. The molecule has 0 saturated carbocycles. The van der Waals surface area contributed by atoms with Gasteiger partial charge in [0.2, 0.25) is 0 Å². The Morgan fingerprint density at radius 1 is 0.780 bits per heavy atom. The predicted octanol–water partition coefficient (Wildman–Crippen LogP) is 7.97. The maximum atomic E-state index is 13.0. The lowest BCUT2D eigenvalue weighted by atomic mass is 9.90. The summed E-state index contributed by atoms with van der Waals surface area (Å²) in [7, 11) is 0. The van der Waals surface area contributed by atoms with E-state index in [1.165, 1.54) is 38.8 Å². The van der Waals surface area contributed by atoms with E-state index in [4.69, 9.17) is 14.2 Å². The number of para-hydroxylation sites is 1. The minimum atomic E-state index is -0.611. The number of urea groups is 1. The Morgan fingerprint density at radius 2 is 1.52 bits per heavy atom. The van der Waals surface area contributed by atoms with Crippen LogP contribution in [0.5, 0.6) is 11.5 Å². The van der Waals surface area contributed by atoms with Gasteiger partial charge in [0.25, 0.3) is 0 Å². The Kier molecular flexibility index (Phi) is 11.1. The zero-order valence-corrected chi connectivity index (χ0v) is 28.7. The molecule has 0 bridgehead atoms. The van der Waals surface area contributed by atoms with Crippen LogP contribution in [0, 0.1) is 5.92 Å².